The van der Waals surface area contributed by atoms with Crippen LogP contribution in [-0.2, 0) is 4.79 Å². The van der Waals surface area contributed by atoms with Crippen LogP contribution >= 0.6 is 0 Å². The predicted octanol–water partition coefficient (Wildman–Crippen LogP) is 2.38. The average molecular weight is 374 g/mol. The number of nitrogens with one attached hydrogen (secondary N) is 4. The first-order valence-corrected chi connectivity index (χ1v) is 9.38. The van der Waals surface area contributed by atoms with E-state index < -0.39 is 6.04 Å². The van der Waals surface area contributed by atoms with E-state index in [0.29, 0.717) is 24.1 Å². The molecule has 1 aromatic rings. The summed E-state index contributed by atoms with van der Waals surface area (Å²) in [6.45, 7) is 6.92. The van der Waals surface area contributed by atoms with Crippen molar-refractivity contribution in [3.8, 4) is 0 Å². The van der Waals surface area contributed by atoms with E-state index in [9.17, 15) is 9.59 Å². The first-order chi connectivity index (χ1) is 13.1. The highest BCUT2D eigenvalue weighted by atomic mass is 16.2. The van der Waals surface area contributed by atoms with Crippen LogP contribution in [0.5, 0.6) is 0 Å². The number of rotatable bonds is 13. The lowest BCUT2D eigenvalue weighted by atomic mass is 10.0. The first kappa shape index (κ1) is 22.4. The molecule has 0 aliphatic carbocycles. The summed E-state index contributed by atoms with van der Waals surface area (Å²) in [7, 11) is 0. The van der Waals surface area contributed by atoms with Gasteiger partial charge in [0.1, 0.15) is 6.04 Å². The molecule has 148 valence electrons. The van der Waals surface area contributed by atoms with Crippen LogP contribution in [0.4, 0.5) is 5.69 Å². The van der Waals surface area contributed by atoms with E-state index >= 15 is 0 Å². The molecule has 0 heterocycles. The highest BCUT2D eigenvalue weighted by Crippen LogP contribution is 2.15. The van der Waals surface area contributed by atoms with E-state index in [2.05, 4.69) is 22.5 Å². The van der Waals surface area contributed by atoms with Crippen molar-refractivity contribution < 1.29 is 9.59 Å². The summed E-state index contributed by atoms with van der Waals surface area (Å²) >= 11 is 0. The molecular formula is C20H31N5O2. The van der Waals surface area contributed by atoms with Gasteiger partial charge in [-0.3, -0.25) is 9.59 Å². The van der Waals surface area contributed by atoms with Gasteiger partial charge >= 0.3 is 0 Å². The van der Waals surface area contributed by atoms with E-state index in [1.54, 1.807) is 12.1 Å². The Morgan fingerprint density at radius 1 is 1.30 bits per heavy atom. The number of amides is 2. The first-order valence-electron chi connectivity index (χ1n) is 9.38. The van der Waals surface area contributed by atoms with Gasteiger partial charge in [0, 0.05) is 29.6 Å². The van der Waals surface area contributed by atoms with Crippen molar-refractivity contribution in [3.05, 3.63) is 42.1 Å². The molecule has 7 nitrogen and oxygen atoms in total. The molecule has 0 fully saturated rings. The van der Waals surface area contributed by atoms with Gasteiger partial charge in [-0.1, -0.05) is 26.3 Å². The Labute approximate surface area is 161 Å². The van der Waals surface area contributed by atoms with E-state index in [0.717, 1.165) is 44.1 Å². The molecule has 7 heteroatoms. The van der Waals surface area contributed by atoms with Gasteiger partial charge in [-0.15, -0.1) is 0 Å². The van der Waals surface area contributed by atoms with Crippen LogP contribution in [-0.4, -0.2) is 37.2 Å². The molecule has 0 aliphatic rings. The number of carbonyl (C=O) groups excluding carboxylic acids is 2. The van der Waals surface area contributed by atoms with E-state index in [1.165, 1.54) is 6.20 Å². The molecule has 1 unspecified atom stereocenters. The van der Waals surface area contributed by atoms with Crippen molar-refractivity contribution in [2.24, 2.45) is 5.73 Å². The highest BCUT2D eigenvalue weighted by Gasteiger charge is 2.21. The molecule has 2 amide bonds. The highest BCUT2D eigenvalue weighted by molar-refractivity contribution is 6.04. The Morgan fingerprint density at radius 2 is 2.07 bits per heavy atom. The van der Waals surface area contributed by atoms with Gasteiger partial charge in [0.05, 0.1) is 0 Å². The van der Waals surface area contributed by atoms with Crippen LogP contribution in [0, 0.1) is 5.41 Å². The van der Waals surface area contributed by atoms with Crippen molar-refractivity contribution in [2.75, 3.05) is 18.4 Å². The fourth-order valence-electron chi connectivity index (χ4n) is 2.67. The van der Waals surface area contributed by atoms with Crippen LogP contribution in [0.2, 0.25) is 0 Å². The monoisotopic (exact) mass is 373 g/mol. The van der Waals surface area contributed by atoms with E-state index in [4.69, 9.17) is 11.1 Å². The quantitative estimate of drug-likeness (QED) is 0.269. The maximum atomic E-state index is 12.6. The van der Waals surface area contributed by atoms with Crippen LogP contribution in [0.3, 0.4) is 0 Å². The molecule has 0 radical (unpaired) electrons. The summed E-state index contributed by atoms with van der Waals surface area (Å²) < 4.78 is 0. The average Bonchev–Trinajstić information content (AvgIpc) is 2.67. The van der Waals surface area contributed by atoms with Gasteiger partial charge in [0.25, 0.3) is 5.91 Å². The molecule has 0 bridgehead atoms. The number of hydrogen-bond donors (Lipinski definition) is 5. The van der Waals surface area contributed by atoms with Crippen LogP contribution in [0.25, 0.3) is 0 Å². The summed E-state index contributed by atoms with van der Waals surface area (Å²) in [5, 5.41) is 16.2. The van der Waals surface area contributed by atoms with Gasteiger partial charge in [0.15, 0.2) is 0 Å². The summed E-state index contributed by atoms with van der Waals surface area (Å²) in [5.41, 5.74) is 7.20. The molecule has 0 spiro atoms. The number of nitrogens with two attached hydrogens (primary N) is 1. The Kier molecular flexibility index (Phi) is 10.5. The molecule has 1 atom stereocenters. The lowest BCUT2D eigenvalue weighted by Crippen LogP contribution is -2.45. The summed E-state index contributed by atoms with van der Waals surface area (Å²) in [6, 6.07) is 4.61. The Balaban J connectivity index is 2.79. The minimum atomic E-state index is -0.639. The molecule has 0 saturated carbocycles. The van der Waals surface area contributed by atoms with Gasteiger partial charge < -0.3 is 27.1 Å². The maximum absolute atomic E-state index is 12.6. The molecule has 6 N–H and O–H groups in total. The molecule has 27 heavy (non-hydrogen) atoms. The Bertz CT molecular complexity index is 645. The second kappa shape index (κ2) is 12.6. The van der Waals surface area contributed by atoms with Crippen molar-refractivity contribution in [1.82, 2.24) is 10.6 Å². The number of unbranched alkanes of at least 4 members (excludes halogenated alkanes) is 2. The second-order valence-electron chi connectivity index (χ2n) is 6.25. The molecule has 0 aliphatic heterocycles. The van der Waals surface area contributed by atoms with Gasteiger partial charge in [-0.05, 0) is 50.2 Å². The number of benzene rings is 1. The number of carbonyl (C=O) groups is 2. The van der Waals surface area contributed by atoms with Gasteiger partial charge in [-0.25, -0.2) is 0 Å². The maximum Gasteiger partial charge on any atom is 0.252 e. The van der Waals surface area contributed by atoms with E-state index in [-0.39, 0.29) is 11.8 Å². The van der Waals surface area contributed by atoms with Crippen LogP contribution in [0.1, 0.15) is 54.9 Å². The zero-order valence-electron chi connectivity index (χ0n) is 16.0. The molecule has 1 aromatic carbocycles. The fourth-order valence-corrected chi connectivity index (χ4v) is 2.67. The summed E-state index contributed by atoms with van der Waals surface area (Å²) in [6.07, 6.45) is 6.80. The number of anilines is 1. The third-order valence-electron chi connectivity index (χ3n) is 4.11. The molecule has 0 aromatic heterocycles. The standard InChI is InChI=1S/C20H31N5O2/c1-3-8-18(20(27)23-4-2)25-19(26)17-10-9-16(13-15(17)14-22)24-12-7-5-6-11-21/h4,9-10,13-14,18,22,24H,2-3,5-8,11-12,21H2,1H3,(H,23,27)(H,25,26). The van der Waals surface area contributed by atoms with Gasteiger partial charge in [-0.2, -0.15) is 0 Å². The van der Waals surface area contributed by atoms with Crippen LogP contribution in [0.15, 0.2) is 31.0 Å². The van der Waals surface area contributed by atoms with Crippen molar-refractivity contribution in [3.63, 3.8) is 0 Å². The van der Waals surface area contributed by atoms with Crippen molar-refractivity contribution >= 4 is 23.7 Å². The molecule has 1 rings (SSSR count). The molecule has 0 saturated heterocycles. The fraction of sp³-hybridized carbons (Fsp3) is 0.450. The van der Waals surface area contributed by atoms with E-state index in [1.807, 2.05) is 13.0 Å². The zero-order valence-corrected chi connectivity index (χ0v) is 16.0. The third kappa shape index (κ3) is 7.62. The van der Waals surface area contributed by atoms with Gasteiger partial charge in [0.2, 0.25) is 5.91 Å². The summed E-state index contributed by atoms with van der Waals surface area (Å²) in [5.74, 6) is -0.673. The SMILES string of the molecule is C=CNC(=O)C(CCC)NC(=O)c1ccc(NCCCCCN)cc1C=N. The minimum Gasteiger partial charge on any atom is -0.385 e. The van der Waals surface area contributed by atoms with Crippen molar-refractivity contribution in [2.45, 2.75) is 45.1 Å². The van der Waals surface area contributed by atoms with Crippen LogP contribution < -0.4 is 21.7 Å². The topological polar surface area (TPSA) is 120 Å². The summed E-state index contributed by atoms with van der Waals surface area (Å²) in [4.78, 5) is 24.7. The normalized spacial score (nSPS) is 11.3. The molecular weight excluding hydrogens is 342 g/mol. The predicted molar refractivity (Wildman–Crippen MR) is 110 cm³/mol. The lowest BCUT2D eigenvalue weighted by Gasteiger charge is -2.18. The third-order valence-corrected chi connectivity index (χ3v) is 4.11. The smallest absolute Gasteiger partial charge is 0.252 e. The Hall–Kier alpha value is -2.67. The minimum absolute atomic E-state index is 0.299. The van der Waals surface area contributed by atoms with Crippen molar-refractivity contribution in [1.29, 1.82) is 5.41 Å². The number of hydrogen-bond acceptors (Lipinski definition) is 5. The largest absolute Gasteiger partial charge is 0.385 e. The Morgan fingerprint density at radius 3 is 2.70 bits per heavy atom. The second-order valence-corrected chi connectivity index (χ2v) is 6.25. The lowest BCUT2D eigenvalue weighted by molar-refractivity contribution is -0.122. The zero-order chi connectivity index (χ0) is 20.1.